The summed E-state index contributed by atoms with van der Waals surface area (Å²) in [6.07, 6.45) is 4.68. The number of aliphatic hydroxyl groups is 1. The second-order valence-corrected chi connectivity index (χ2v) is 6.51. The lowest BCUT2D eigenvalue weighted by Gasteiger charge is -2.08. The number of thiophene rings is 1. The SMILES string of the molecule is O=C(NCc1ccccc1CO)c1cc2c(s1)CCCC2. The van der Waals surface area contributed by atoms with Gasteiger partial charge in [0.05, 0.1) is 11.5 Å². The number of rotatable bonds is 4. The topological polar surface area (TPSA) is 49.3 Å². The van der Waals surface area contributed by atoms with E-state index in [9.17, 15) is 9.90 Å². The minimum Gasteiger partial charge on any atom is -0.392 e. The molecule has 4 heteroatoms. The van der Waals surface area contributed by atoms with Crippen LogP contribution in [0.15, 0.2) is 30.3 Å². The van der Waals surface area contributed by atoms with Gasteiger partial charge in [-0.1, -0.05) is 24.3 Å². The van der Waals surface area contributed by atoms with E-state index in [0.29, 0.717) is 6.54 Å². The summed E-state index contributed by atoms with van der Waals surface area (Å²) in [7, 11) is 0. The molecule has 0 radical (unpaired) electrons. The van der Waals surface area contributed by atoms with Crippen molar-refractivity contribution in [1.29, 1.82) is 0 Å². The first-order valence-corrected chi connectivity index (χ1v) is 8.17. The predicted molar refractivity (Wildman–Crippen MR) is 84.5 cm³/mol. The lowest BCUT2D eigenvalue weighted by Crippen LogP contribution is -2.22. The number of aryl methyl sites for hydroxylation is 2. The molecule has 1 aliphatic rings. The molecule has 1 aromatic carbocycles. The van der Waals surface area contributed by atoms with E-state index in [0.717, 1.165) is 28.8 Å². The van der Waals surface area contributed by atoms with Gasteiger partial charge in [-0.3, -0.25) is 4.79 Å². The maximum atomic E-state index is 12.3. The standard InChI is InChI=1S/C17H19NO2S/c19-11-14-7-2-1-6-13(14)10-18-17(20)16-9-12-5-3-4-8-15(12)21-16/h1-2,6-7,9,19H,3-5,8,10-11H2,(H,18,20). The van der Waals surface area contributed by atoms with Crippen molar-refractivity contribution in [3.63, 3.8) is 0 Å². The number of amides is 1. The highest BCUT2D eigenvalue weighted by molar-refractivity contribution is 7.14. The largest absolute Gasteiger partial charge is 0.392 e. The number of hydrogen-bond acceptors (Lipinski definition) is 3. The molecule has 0 unspecified atom stereocenters. The van der Waals surface area contributed by atoms with Crippen molar-refractivity contribution < 1.29 is 9.90 Å². The lowest BCUT2D eigenvalue weighted by atomic mass is 9.99. The van der Waals surface area contributed by atoms with Crippen LogP contribution in [0, 0.1) is 0 Å². The van der Waals surface area contributed by atoms with Crippen LogP contribution in [-0.4, -0.2) is 11.0 Å². The monoisotopic (exact) mass is 301 g/mol. The normalized spacial score (nSPS) is 13.8. The Bertz CT molecular complexity index is 624. The zero-order valence-corrected chi connectivity index (χ0v) is 12.7. The Kier molecular flexibility index (Phi) is 4.36. The molecule has 1 amide bonds. The lowest BCUT2D eigenvalue weighted by molar-refractivity contribution is 0.0954. The quantitative estimate of drug-likeness (QED) is 0.912. The highest BCUT2D eigenvalue weighted by atomic mass is 32.1. The van der Waals surface area contributed by atoms with Gasteiger partial charge in [-0.05, 0) is 48.4 Å². The highest BCUT2D eigenvalue weighted by Crippen LogP contribution is 2.29. The van der Waals surface area contributed by atoms with Crippen molar-refractivity contribution in [3.05, 3.63) is 56.8 Å². The second kappa shape index (κ2) is 6.41. The predicted octanol–water partition coefficient (Wildman–Crippen LogP) is 3.05. The van der Waals surface area contributed by atoms with E-state index in [1.165, 1.54) is 23.3 Å². The molecule has 0 spiro atoms. The molecular formula is C17H19NO2S. The van der Waals surface area contributed by atoms with Crippen LogP contribution < -0.4 is 5.32 Å². The molecule has 21 heavy (non-hydrogen) atoms. The van der Waals surface area contributed by atoms with Crippen LogP contribution in [0.25, 0.3) is 0 Å². The van der Waals surface area contributed by atoms with E-state index in [4.69, 9.17) is 0 Å². The summed E-state index contributed by atoms with van der Waals surface area (Å²) in [5.74, 6) is -0.0119. The first kappa shape index (κ1) is 14.3. The van der Waals surface area contributed by atoms with Crippen molar-refractivity contribution >= 4 is 17.2 Å². The fraction of sp³-hybridized carbons (Fsp3) is 0.353. The molecule has 3 rings (SSSR count). The molecule has 0 fully saturated rings. The van der Waals surface area contributed by atoms with E-state index >= 15 is 0 Å². The Morgan fingerprint density at radius 2 is 1.95 bits per heavy atom. The van der Waals surface area contributed by atoms with Gasteiger partial charge in [0.15, 0.2) is 0 Å². The Labute approximate surface area is 128 Å². The molecule has 0 saturated heterocycles. The first-order chi connectivity index (χ1) is 10.3. The van der Waals surface area contributed by atoms with E-state index in [1.807, 2.05) is 30.3 Å². The minimum absolute atomic E-state index is 0.000653. The zero-order chi connectivity index (χ0) is 14.7. The number of nitrogens with one attached hydrogen (secondary N) is 1. The number of carbonyl (C=O) groups is 1. The smallest absolute Gasteiger partial charge is 0.261 e. The average molecular weight is 301 g/mol. The third-order valence-corrected chi connectivity index (χ3v) is 5.18. The maximum absolute atomic E-state index is 12.3. The summed E-state index contributed by atoms with van der Waals surface area (Å²) in [6.45, 7) is 0.456. The molecule has 3 nitrogen and oxygen atoms in total. The summed E-state index contributed by atoms with van der Waals surface area (Å²) >= 11 is 1.63. The average Bonchev–Trinajstić information content (AvgIpc) is 2.97. The summed E-state index contributed by atoms with van der Waals surface area (Å²) in [6, 6.07) is 9.68. The van der Waals surface area contributed by atoms with Gasteiger partial charge in [-0.25, -0.2) is 0 Å². The molecule has 0 saturated carbocycles. The number of hydrogen-bond donors (Lipinski definition) is 2. The molecule has 2 N–H and O–H groups in total. The van der Waals surface area contributed by atoms with Crippen molar-refractivity contribution in [1.82, 2.24) is 5.32 Å². The highest BCUT2D eigenvalue weighted by Gasteiger charge is 2.17. The van der Waals surface area contributed by atoms with Crippen molar-refractivity contribution in [2.45, 2.75) is 38.8 Å². The van der Waals surface area contributed by atoms with Crippen molar-refractivity contribution in [2.24, 2.45) is 0 Å². The van der Waals surface area contributed by atoms with Gasteiger partial charge >= 0.3 is 0 Å². The first-order valence-electron chi connectivity index (χ1n) is 7.35. The molecule has 0 atom stereocenters. The fourth-order valence-corrected chi connectivity index (χ4v) is 3.92. The summed E-state index contributed by atoms with van der Waals surface area (Å²) in [4.78, 5) is 14.5. The molecule has 1 aliphatic carbocycles. The molecule has 0 aliphatic heterocycles. The summed E-state index contributed by atoms with van der Waals surface area (Å²) in [5, 5.41) is 12.3. The Balaban J connectivity index is 1.67. The van der Waals surface area contributed by atoms with E-state index in [2.05, 4.69) is 5.32 Å². The van der Waals surface area contributed by atoms with Crippen LogP contribution in [0.3, 0.4) is 0 Å². The van der Waals surface area contributed by atoms with Crippen LogP contribution in [0.2, 0.25) is 0 Å². The Morgan fingerprint density at radius 1 is 1.19 bits per heavy atom. The third-order valence-electron chi connectivity index (χ3n) is 3.95. The Morgan fingerprint density at radius 3 is 2.71 bits per heavy atom. The minimum atomic E-state index is -0.0119. The van der Waals surface area contributed by atoms with Gasteiger partial charge in [0.25, 0.3) is 5.91 Å². The van der Waals surface area contributed by atoms with E-state index in [-0.39, 0.29) is 12.5 Å². The van der Waals surface area contributed by atoms with Crippen LogP contribution in [-0.2, 0) is 26.0 Å². The van der Waals surface area contributed by atoms with Crippen LogP contribution in [0.5, 0.6) is 0 Å². The Hall–Kier alpha value is -1.65. The van der Waals surface area contributed by atoms with Gasteiger partial charge < -0.3 is 10.4 Å². The summed E-state index contributed by atoms with van der Waals surface area (Å²) in [5.41, 5.74) is 3.19. The fourth-order valence-electron chi connectivity index (χ4n) is 2.75. The molecule has 1 heterocycles. The van der Waals surface area contributed by atoms with Gasteiger partial charge in [-0.15, -0.1) is 11.3 Å². The van der Waals surface area contributed by atoms with Crippen molar-refractivity contribution in [3.8, 4) is 0 Å². The van der Waals surface area contributed by atoms with Gasteiger partial charge in [0, 0.05) is 11.4 Å². The van der Waals surface area contributed by atoms with Gasteiger partial charge in [0.1, 0.15) is 0 Å². The molecular weight excluding hydrogens is 282 g/mol. The van der Waals surface area contributed by atoms with Crippen LogP contribution >= 0.6 is 11.3 Å². The van der Waals surface area contributed by atoms with Crippen LogP contribution in [0.1, 0.15) is 44.1 Å². The summed E-state index contributed by atoms with van der Waals surface area (Å²) < 4.78 is 0. The molecule has 0 bridgehead atoms. The molecule has 2 aromatic rings. The van der Waals surface area contributed by atoms with Gasteiger partial charge in [0.2, 0.25) is 0 Å². The van der Waals surface area contributed by atoms with Crippen LogP contribution in [0.4, 0.5) is 0 Å². The number of fused-ring (bicyclic) bond motifs is 1. The number of carbonyl (C=O) groups excluding carboxylic acids is 1. The van der Waals surface area contributed by atoms with E-state index in [1.54, 1.807) is 11.3 Å². The second-order valence-electron chi connectivity index (χ2n) is 5.38. The van der Waals surface area contributed by atoms with Gasteiger partial charge in [-0.2, -0.15) is 0 Å². The third kappa shape index (κ3) is 3.17. The number of benzene rings is 1. The molecule has 110 valence electrons. The zero-order valence-electron chi connectivity index (χ0n) is 11.9. The maximum Gasteiger partial charge on any atom is 0.261 e. The van der Waals surface area contributed by atoms with E-state index < -0.39 is 0 Å². The number of aliphatic hydroxyl groups excluding tert-OH is 1. The van der Waals surface area contributed by atoms with Crippen molar-refractivity contribution in [2.75, 3.05) is 0 Å². The molecule has 1 aromatic heterocycles.